The summed E-state index contributed by atoms with van der Waals surface area (Å²) in [5, 5.41) is 0. The van der Waals surface area contributed by atoms with Crippen molar-refractivity contribution < 1.29 is 8.42 Å². The van der Waals surface area contributed by atoms with Gasteiger partial charge in [0.1, 0.15) is 0 Å². The first kappa shape index (κ1) is 11.7. The van der Waals surface area contributed by atoms with Crippen LogP contribution in [0.5, 0.6) is 0 Å². The molecule has 0 amide bonds. The number of rotatable bonds is 1. The van der Waals surface area contributed by atoms with Crippen molar-refractivity contribution in [2.24, 2.45) is 20.9 Å². The van der Waals surface area contributed by atoms with Gasteiger partial charge < -0.3 is 16.4 Å². The Balaban J connectivity index is 4.75. The second-order valence-corrected chi connectivity index (χ2v) is 4.20. The zero-order chi connectivity index (χ0) is 10.6. The molecule has 0 spiro atoms. The fraction of sp³-hybridized carbons (Fsp3) is 0.600. The zero-order valence-electron chi connectivity index (χ0n) is 7.72. The van der Waals surface area contributed by atoms with Gasteiger partial charge in [0, 0.05) is 14.1 Å². The van der Waals surface area contributed by atoms with Crippen LogP contribution in [0.3, 0.4) is 0 Å². The number of sulfonamides is 1. The number of guanidine groups is 2. The van der Waals surface area contributed by atoms with E-state index in [1.54, 1.807) is 14.1 Å². The summed E-state index contributed by atoms with van der Waals surface area (Å²) in [6.45, 7) is 0. The summed E-state index contributed by atoms with van der Waals surface area (Å²) in [7, 11) is -0.222. The molecule has 0 fully saturated rings. The maximum absolute atomic E-state index is 10.6. The number of aliphatic imine (C=N–C) groups is 1. The number of nitrogens with two attached hydrogens (primary N) is 2. The first-order valence-corrected chi connectivity index (χ1v) is 5.14. The van der Waals surface area contributed by atoms with Gasteiger partial charge in [-0.05, 0) is 0 Å². The van der Waals surface area contributed by atoms with Crippen LogP contribution in [0.2, 0.25) is 0 Å². The van der Waals surface area contributed by atoms with E-state index in [1.807, 2.05) is 0 Å². The van der Waals surface area contributed by atoms with Crippen LogP contribution in [0.4, 0.5) is 0 Å². The lowest BCUT2D eigenvalue weighted by Gasteiger charge is -2.09. The molecule has 7 nitrogen and oxygen atoms in total. The number of hydrogen-bond donors (Lipinski definition) is 2. The highest BCUT2D eigenvalue weighted by Crippen LogP contribution is 1.85. The van der Waals surface area contributed by atoms with E-state index in [9.17, 15) is 8.42 Å². The average Bonchev–Trinajstić information content (AvgIpc) is 1.81. The molecule has 4 N–H and O–H groups in total. The third-order valence-corrected chi connectivity index (χ3v) is 1.47. The van der Waals surface area contributed by atoms with Gasteiger partial charge in [0.15, 0.2) is 5.96 Å². The molecule has 8 heteroatoms. The highest BCUT2D eigenvalue weighted by atomic mass is 32.2. The predicted molar refractivity (Wildman–Crippen MR) is 51.8 cm³/mol. The monoisotopic (exact) mass is 207 g/mol. The molecule has 0 aliphatic carbocycles. The molecule has 0 rings (SSSR count). The summed E-state index contributed by atoms with van der Waals surface area (Å²) >= 11 is 0. The van der Waals surface area contributed by atoms with Crippen LogP contribution in [0.1, 0.15) is 0 Å². The van der Waals surface area contributed by atoms with E-state index in [4.69, 9.17) is 11.5 Å². The fourth-order valence-electron chi connectivity index (χ4n) is 0.408. The molecule has 0 atom stereocenters. The molecule has 13 heavy (non-hydrogen) atoms. The quantitative estimate of drug-likeness (QED) is 0.386. The molecule has 76 valence electrons. The van der Waals surface area contributed by atoms with Crippen molar-refractivity contribution in [3.63, 3.8) is 0 Å². The summed E-state index contributed by atoms with van der Waals surface area (Å²) < 4.78 is 24.3. The molecule has 0 aromatic rings. The molecule has 0 saturated carbocycles. The first-order valence-electron chi connectivity index (χ1n) is 3.29. The van der Waals surface area contributed by atoms with Crippen molar-refractivity contribution in [1.82, 2.24) is 4.90 Å². The Morgan fingerprint density at radius 3 is 2.08 bits per heavy atom. The lowest BCUT2D eigenvalue weighted by Crippen LogP contribution is -2.32. The van der Waals surface area contributed by atoms with E-state index in [1.165, 1.54) is 4.90 Å². The van der Waals surface area contributed by atoms with Crippen LogP contribution in [-0.4, -0.2) is 45.6 Å². The second kappa shape index (κ2) is 4.08. The molecule has 0 radical (unpaired) electrons. The van der Waals surface area contributed by atoms with Crippen LogP contribution in [0, 0.1) is 0 Å². The highest BCUT2D eigenvalue weighted by molar-refractivity contribution is 7.89. The molecule has 0 aromatic carbocycles. The topological polar surface area (TPSA) is 114 Å². The smallest absolute Gasteiger partial charge is 0.253 e. The van der Waals surface area contributed by atoms with Gasteiger partial charge in [0.05, 0.1) is 6.26 Å². The minimum absolute atomic E-state index is 0.0879. The normalized spacial score (nSPS) is 14.4. The van der Waals surface area contributed by atoms with Crippen molar-refractivity contribution in [2.75, 3.05) is 20.4 Å². The largest absolute Gasteiger partial charge is 0.369 e. The van der Waals surface area contributed by atoms with Crippen molar-refractivity contribution in [3.8, 4) is 0 Å². The highest BCUT2D eigenvalue weighted by Gasteiger charge is 2.00. The molecule has 0 aliphatic rings. The van der Waals surface area contributed by atoms with E-state index in [0.29, 0.717) is 0 Å². The molecular formula is C5H13N5O2S. The number of hydrogen-bond acceptors (Lipinski definition) is 2. The SMILES string of the molecule is CN(C)/C(N)=N/C(N)=N/S(C)(=O)=O. The molecular weight excluding hydrogens is 194 g/mol. The van der Waals surface area contributed by atoms with Crippen molar-refractivity contribution in [2.45, 2.75) is 0 Å². The maximum Gasteiger partial charge on any atom is 0.253 e. The first-order chi connectivity index (χ1) is 5.72. The lowest BCUT2D eigenvalue weighted by atomic mass is 10.8. The van der Waals surface area contributed by atoms with Gasteiger partial charge in [-0.15, -0.1) is 4.40 Å². The second-order valence-electron chi connectivity index (χ2n) is 2.55. The van der Waals surface area contributed by atoms with E-state index in [0.717, 1.165) is 6.26 Å². The fourth-order valence-corrected chi connectivity index (χ4v) is 0.788. The van der Waals surface area contributed by atoms with E-state index >= 15 is 0 Å². The Labute approximate surface area is 77.2 Å². The van der Waals surface area contributed by atoms with Crippen molar-refractivity contribution >= 4 is 21.9 Å². The summed E-state index contributed by atoms with van der Waals surface area (Å²) in [5.41, 5.74) is 10.5. The van der Waals surface area contributed by atoms with Gasteiger partial charge in [-0.25, -0.2) is 8.42 Å². The van der Waals surface area contributed by atoms with Gasteiger partial charge in [0.25, 0.3) is 10.0 Å². The molecule has 0 aliphatic heterocycles. The van der Waals surface area contributed by atoms with Crippen molar-refractivity contribution in [3.05, 3.63) is 0 Å². The Bertz CT molecular complexity index is 329. The lowest BCUT2D eigenvalue weighted by molar-refractivity contribution is 0.603. The van der Waals surface area contributed by atoms with Gasteiger partial charge in [-0.1, -0.05) is 0 Å². The van der Waals surface area contributed by atoms with Crippen molar-refractivity contribution in [1.29, 1.82) is 0 Å². The third-order valence-electron chi connectivity index (χ3n) is 0.947. The van der Waals surface area contributed by atoms with Crippen LogP contribution < -0.4 is 11.5 Å². The zero-order valence-corrected chi connectivity index (χ0v) is 8.54. The van der Waals surface area contributed by atoms with E-state index in [2.05, 4.69) is 9.39 Å². The van der Waals surface area contributed by atoms with E-state index < -0.39 is 10.0 Å². The van der Waals surface area contributed by atoms with Crippen LogP contribution in [-0.2, 0) is 10.0 Å². The van der Waals surface area contributed by atoms with E-state index in [-0.39, 0.29) is 11.9 Å². The summed E-state index contributed by atoms with van der Waals surface area (Å²) in [6, 6.07) is 0. The standard InChI is InChI=1S/C5H13N5O2S/c1-10(2)5(7)8-4(6)9-13(3,11)12/h1-3H3,(H4,6,7,8,9). The minimum Gasteiger partial charge on any atom is -0.369 e. The average molecular weight is 207 g/mol. The Morgan fingerprint density at radius 1 is 1.31 bits per heavy atom. The molecule has 0 aromatic heterocycles. The maximum atomic E-state index is 10.6. The summed E-state index contributed by atoms with van der Waals surface area (Å²) in [5.74, 6) is -0.293. The van der Waals surface area contributed by atoms with Gasteiger partial charge in [-0.2, -0.15) is 4.99 Å². The van der Waals surface area contributed by atoms with Crippen LogP contribution >= 0.6 is 0 Å². The van der Waals surface area contributed by atoms with Crippen LogP contribution in [0.15, 0.2) is 9.39 Å². The Hall–Kier alpha value is -1.31. The third kappa shape index (κ3) is 5.91. The molecule has 0 saturated heterocycles. The van der Waals surface area contributed by atoms with Gasteiger partial charge in [-0.3, -0.25) is 0 Å². The Morgan fingerprint density at radius 2 is 1.77 bits per heavy atom. The molecule has 0 unspecified atom stereocenters. The summed E-state index contributed by atoms with van der Waals surface area (Å²) in [4.78, 5) is 5.01. The summed E-state index contributed by atoms with van der Waals surface area (Å²) in [6.07, 6.45) is 0.918. The van der Waals surface area contributed by atoms with Crippen LogP contribution in [0.25, 0.3) is 0 Å². The Kier molecular flexibility index (Phi) is 3.67. The molecule has 0 heterocycles. The van der Waals surface area contributed by atoms with Gasteiger partial charge >= 0.3 is 0 Å². The minimum atomic E-state index is -3.51. The van der Waals surface area contributed by atoms with Gasteiger partial charge in [0.2, 0.25) is 5.96 Å². The number of nitrogens with zero attached hydrogens (tertiary/aromatic N) is 3. The molecule has 0 bridgehead atoms. The predicted octanol–water partition coefficient (Wildman–Crippen LogP) is -1.86.